The maximum absolute atomic E-state index is 11.0. The predicted molar refractivity (Wildman–Crippen MR) is 88.7 cm³/mol. The monoisotopic (exact) mass is 326 g/mol. The van der Waals surface area contributed by atoms with Gasteiger partial charge in [0.05, 0.1) is 17.5 Å². The first-order valence-corrected chi connectivity index (χ1v) is 8.82. The second kappa shape index (κ2) is 6.42. The molecule has 0 aliphatic carbocycles. The van der Waals surface area contributed by atoms with Crippen molar-refractivity contribution in [1.29, 1.82) is 0 Å². The molecule has 2 aromatic heterocycles. The van der Waals surface area contributed by atoms with Gasteiger partial charge >= 0.3 is 7.60 Å². The zero-order chi connectivity index (χ0) is 16.3. The van der Waals surface area contributed by atoms with Gasteiger partial charge in [0.1, 0.15) is 0 Å². The number of nitrogens with zero attached hydrogens (tertiary/aromatic N) is 2. The molecule has 0 unspecified atom stereocenters. The van der Waals surface area contributed by atoms with E-state index in [1.807, 2.05) is 42.5 Å². The highest BCUT2D eigenvalue weighted by Gasteiger charge is 2.13. The van der Waals surface area contributed by atoms with Crippen LogP contribution in [0.5, 0.6) is 0 Å². The van der Waals surface area contributed by atoms with Crippen molar-refractivity contribution in [2.24, 2.45) is 0 Å². The minimum Gasteiger partial charge on any atom is -0.324 e. The predicted octanol–water partition coefficient (Wildman–Crippen LogP) is 3.49. The van der Waals surface area contributed by atoms with Gasteiger partial charge in [0, 0.05) is 12.4 Å². The molecule has 0 saturated carbocycles. The van der Waals surface area contributed by atoms with Crippen LogP contribution in [0.2, 0.25) is 0 Å². The molecule has 0 saturated heterocycles. The summed E-state index contributed by atoms with van der Waals surface area (Å²) in [6.07, 6.45) is 3.20. The summed E-state index contributed by atoms with van der Waals surface area (Å²) < 4.78 is 11.0. The van der Waals surface area contributed by atoms with Crippen LogP contribution in [0.3, 0.4) is 0 Å². The molecule has 0 fully saturated rings. The zero-order valence-corrected chi connectivity index (χ0v) is 13.1. The van der Waals surface area contributed by atoms with Crippen molar-refractivity contribution in [3.8, 4) is 22.5 Å². The summed E-state index contributed by atoms with van der Waals surface area (Å²) in [6, 6.07) is 16.7. The Kier molecular flexibility index (Phi) is 4.35. The van der Waals surface area contributed by atoms with Gasteiger partial charge in [-0.3, -0.25) is 14.5 Å². The standard InChI is InChI=1S/C17H15N2O3P/c20-23(21,22)12-13-4-6-14(7-5-13)15-8-10-19-17(11-15)16-3-1-2-9-18-16/h1-11H,12H2,(H2,20,21,22). The first-order valence-electron chi connectivity index (χ1n) is 7.03. The fraction of sp³-hybridized carbons (Fsp3) is 0.0588. The fourth-order valence-corrected chi connectivity index (χ4v) is 2.99. The fourth-order valence-electron chi connectivity index (χ4n) is 2.30. The van der Waals surface area contributed by atoms with E-state index in [9.17, 15) is 4.57 Å². The molecule has 2 N–H and O–H groups in total. The molecule has 0 atom stereocenters. The van der Waals surface area contributed by atoms with Gasteiger partial charge in [-0.15, -0.1) is 0 Å². The normalized spacial score (nSPS) is 11.4. The first-order chi connectivity index (χ1) is 11.0. The van der Waals surface area contributed by atoms with Crippen LogP contribution in [0.15, 0.2) is 67.0 Å². The second-order valence-corrected chi connectivity index (χ2v) is 6.81. The number of hydrogen-bond acceptors (Lipinski definition) is 3. The summed E-state index contributed by atoms with van der Waals surface area (Å²) in [5, 5.41) is 0. The molecule has 0 radical (unpaired) electrons. The molecule has 2 heterocycles. The van der Waals surface area contributed by atoms with Gasteiger partial charge in [-0.1, -0.05) is 30.3 Å². The molecular weight excluding hydrogens is 311 g/mol. The molecule has 0 aliphatic rings. The third-order valence-electron chi connectivity index (χ3n) is 3.36. The maximum atomic E-state index is 11.0. The van der Waals surface area contributed by atoms with Crippen LogP contribution in [0, 0.1) is 0 Å². The van der Waals surface area contributed by atoms with E-state index in [1.165, 1.54) is 0 Å². The topological polar surface area (TPSA) is 83.3 Å². The van der Waals surface area contributed by atoms with Gasteiger partial charge < -0.3 is 9.79 Å². The lowest BCUT2D eigenvalue weighted by Gasteiger charge is -2.07. The van der Waals surface area contributed by atoms with Crippen LogP contribution in [-0.4, -0.2) is 19.8 Å². The largest absolute Gasteiger partial charge is 0.329 e. The molecule has 3 aromatic rings. The smallest absolute Gasteiger partial charge is 0.324 e. The van der Waals surface area contributed by atoms with Crippen LogP contribution < -0.4 is 0 Å². The van der Waals surface area contributed by atoms with Gasteiger partial charge in [-0.2, -0.15) is 0 Å². The lowest BCUT2D eigenvalue weighted by molar-refractivity contribution is 0.371. The van der Waals surface area contributed by atoms with E-state index in [-0.39, 0.29) is 6.16 Å². The van der Waals surface area contributed by atoms with Gasteiger partial charge in [0.25, 0.3) is 0 Å². The molecule has 1 aromatic carbocycles. The summed E-state index contributed by atoms with van der Waals surface area (Å²) in [5.41, 5.74) is 4.12. The van der Waals surface area contributed by atoms with E-state index in [2.05, 4.69) is 9.97 Å². The van der Waals surface area contributed by atoms with Gasteiger partial charge in [-0.25, -0.2) is 0 Å². The third-order valence-corrected chi connectivity index (χ3v) is 4.14. The van der Waals surface area contributed by atoms with Crippen LogP contribution in [-0.2, 0) is 10.7 Å². The lowest BCUT2D eigenvalue weighted by atomic mass is 10.0. The summed E-state index contributed by atoms with van der Waals surface area (Å²) in [5.74, 6) is 0. The second-order valence-electron chi connectivity index (χ2n) is 5.16. The number of hydrogen-bond donors (Lipinski definition) is 2. The molecule has 0 spiro atoms. The van der Waals surface area contributed by atoms with Crippen molar-refractivity contribution in [2.75, 3.05) is 0 Å². The lowest BCUT2D eigenvalue weighted by Crippen LogP contribution is -1.89. The molecule has 3 rings (SSSR count). The van der Waals surface area contributed by atoms with Crippen LogP contribution >= 0.6 is 7.60 Å². The molecule has 0 bridgehead atoms. The van der Waals surface area contributed by atoms with Crippen LogP contribution in [0.4, 0.5) is 0 Å². The number of aromatic nitrogens is 2. The summed E-state index contributed by atoms with van der Waals surface area (Å²) in [4.78, 5) is 26.7. The molecule has 116 valence electrons. The highest BCUT2D eigenvalue weighted by molar-refractivity contribution is 7.50. The minimum absolute atomic E-state index is 0.247. The average molecular weight is 326 g/mol. The van der Waals surface area contributed by atoms with E-state index in [0.29, 0.717) is 5.56 Å². The van der Waals surface area contributed by atoms with Crippen molar-refractivity contribution in [3.05, 3.63) is 72.6 Å². The quantitative estimate of drug-likeness (QED) is 0.717. The summed E-state index contributed by atoms with van der Waals surface area (Å²) >= 11 is 0. The highest BCUT2D eigenvalue weighted by atomic mass is 31.2. The molecule has 0 amide bonds. The number of pyridine rings is 2. The molecule has 0 aliphatic heterocycles. The Morgan fingerprint density at radius 3 is 2.22 bits per heavy atom. The minimum atomic E-state index is -4.04. The Hall–Kier alpha value is -2.33. The van der Waals surface area contributed by atoms with Gasteiger partial charge in [-0.05, 0) is 41.0 Å². The first kappa shape index (κ1) is 15.6. The molecular formula is C17H15N2O3P. The average Bonchev–Trinajstić information content (AvgIpc) is 2.55. The molecule has 6 heteroatoms. The maximum Gasteiger partial charge on any atom is 0.329 e. The number of rotatable bonds is 4. The van der Waals surface area contributed by atoms with Crippen molar-refractivity contribution in [1.82, 2.24) is 9.97 Å². The van der Waals surface area contributed by atoms with Gasteiger partial charge in [0.15, 0.2) is 0 Å². The molecule has 23 heavy (non-hydrogen) atoms. The van der Waals surface area contributed by atoms with E-state index >= 15 is 0 Å². The Labute approximate surface area is 133 Å². The Morgan fingerprint density at radius 1 is 0.826 bits per heavy atom. The van der Waals surface area contributed by atoms with Crippen LogP contribution in [0.1, 0.15) is 5.56 Å². The van der Waals surface area contributed by atoms with E-state index < -0.39 is 7.60 Å². The Morgan fingerprint density at radius 2 is 1.57 bits per heavy atom. The van der Waals surface area contributed by atoms with Gasteiger partial charge in [0.2, 0.25) is 0 Å². The highest BCUT2D eigenvalue weighted by Crippen LogP contribution is 2.39. The van der Waals surface area contributed by atoms with Crippen molar-refractivity contribution >= 4 is 7.60 Å². The van der Waals surface area contributed by atoms with E-state index in [1.54, 1.807) is 24.5 Å². The van der Waals surface area contributed by atoms with Crippen molar-refractivity contribution < 1.29 is 14.4 Å². The van der Waals surface area contributed by atoms with Crippen molar-refractivity contribution in [2.45, 2.75) is 6.16 Å². The van der Waals surface area contributed by atoms with Crippen molar-refractivity contribution in [3.63, 3.8) is 0 Å². The zero-order valence-electron chi connectivity index (χ0n) is 12.2. The summed E-state index contributed by atoms with van der Waals surface area (Å²) in [6.45, 7) is 0. The third kappa shape index (κ3) is 4.11. The summed E-state index contributed by atoms with van der Waals surface area (Å²) in [7, 11) is -4.04. The number of benzene rings is 1. The SMILES string of the molecule is O=P(O)(O)Cc1ccc(-c2ccnc(-c3ccccn3)c2)cc1. The Balaban J connectivity index is 1.89. The Bertz CT molecular complexity index is 845. The van der Waals surface area contributed by atoms with Crippen LogP contribution in [0.25, 0.3) is 22.5 Å². The van der Waals surface area contributed by atoms with E-state index in [4.69, 9.17) is 9.79 Å². The van der Waals surface area contributed by atoms with E-state index in [0.717, 1.165) is 22.5 Å². The molecule has 5 nitrogen and oxygen atoms in total.